The van der Waals surface area contributed by atoms with E-state index in [0.29, 0.717) is 19.6 Å². The molecule has 0 bridgehead atoms. The van der Waals surface area contributed by atoms with Crippen LogP contribution in [0.3, 0.4) is 0 Å². The molecule has 0 spiro atoms. The van der Waals surface area contributed by atoms with Gasteiger partial charge in [-0.3, -0.25) is 14.4 Å². The number of likely N-dealkylation sites (tertiary alicyclic amines) is 1. The number of hydrogen-bond acceptors (Lipinski definition) is 5. The predicted octanol–water partition coefficient (Wildman–Crippen LogP) is 2.33. The summed E-state index contributed by atoms with van der Waals surface area (Å²) in [5.41, 5.74) is 2.05. The molecule has 1 saturated heterocycles. The molecule has 0 aliphatic carbocycles. The van der Waals surface area contributed by atoms with Crippen LogP contribution in [-0.4, -0.2) is 49.0 Å². The summed E-state index contributed by atoms with van der Waals surface area (Å²) in [4.78, 5) is 38.7. The first-order valence-corrected chi connectivity index (χ1v) is 10.4. The average molecular weight is 424 g/mol. The highest BCUT2D eigenvalue weighted by Crippen LogP contribution is 2.20. The van der Waals surface area contributed by atoms with Gasteiger partial charge < -0.3 is 19.7 Å². The first kappa shape index (κ1) is 22.3. The lowest BCUT2D eigenvalue weighted by Crippen LogP contribution is -2.37. The maximum Gasteiger partial charge on any atom is 0.312 e. The van der Waals surface area contributed by atoms with E-state index in [0.717, 1.165) is 23.3 Å². The van der Waals surface area contributed by atoms with E-state index in [1.807, 2.05) is 54.6 Å². The van der Waals surface area contributed by atoms with Crippen molar-refractivity contribution in [2.45, 2.75) is 32.4 Å². The molecule has 1 heterocycles. The maximum absolute atomic E-state index is 12.5. The lowest BCUT2D eigenvalue weighted by molar-refractivity contribution is -0.158. The highest BCUT2D eigenvalue weighted by atomic mass is 16.5. The second-order valence-electron chi connectivity index (χ2n) is 7.62. The summed E-state index contributed by atoms with van der Waals surface area (Å²) in [6.45, 7) is 2.74. The minimum atomic E-state index is -0.931. The van der Waals surface area contributed by atoms with Gasteiger partial charge in [0.1, 0.15) is 5.75 Å². The standard InChI is InChI=1S/C24H28N2O5/c1-17(23(28)25-15-19-8-10-21(30-2)11-9-19)31-24(29)20-14-22(27)26(16-20)13-12-18-6-4-3-5-7-18/h3-11,17,20H,12-16H2,1-2H3,(H,25,28). The lowest BCUT2D eigenvalue weighted by Gasteiger charge is -2.18. The van der Waals surface area contributed by atoms with Gasteiger partial charge >= 0.3 is 5.97 Å². The molecule has 7 heteroatoms. The Balaban J connectivity index is 1.43. The molecule has 2 atom stereocenters. The van der Waals surface area contributed by atoms with Crippen molar-refractivity contribution in [1.29, 1.82) is 0 Å². The number of benzene rings is 2. The van der Waals surface area contributed by atoms with Crippen molar-refractivity contribution in [3.8, 4) is 5.75 Å². The zero-order valence-electron chi connectivity index (χ0n) is 17.9. The Kier molecular flexibility index (Phi) is 7.65. The minimum Gasteiger partial charge on any atom is -0.497 e. The number of methoxy groups -OCH3 is 1. The van der Waals surface area contributed by atoms with E-state index in [4.69, 9.17) is 9.47 Å². The normalized spacial score (nSPS) is 16.6. The van der Waals surface area contributed by atoms with Crippen LogP contribution in [-0.2, 0) is 32.1 Å². The zero-order valence-corrected chi connectivity index (χ0v) is 17.9. The van der Waals surface area contributed by atoms with Crippen molar-refractivity contribution < 1.29 is 23.9 Å². The number of esters is 1. The molecule has 0 saturated carbocycles. The summed E-state index contributed by atoms with van der Waals surface area (Å²) >= 11 is 0. The van der Waals surface area contributed by atoms with Crippen LogP contribution in [0, 0.1) is 5.92 Å². The summed E-state index contributed by atoms with van der Waals surface area (Å²) in [7, 11) is 1.59. The first-order valence-electron chi connectivity index (χ1n) is 10.4. The van der Waals surface area contributed by atoms with Crippen molar-refractivity contribution in [2.75, 3.05) is 20.2 Å². The van der Waals surface area contributed by atoms with Crippen molar-refractivity contribution in [1.82, 2.24) is 10.2 Å². The number of rotatable bonds is 9. The Morgan fingerprint density at radius 2 is 1.81 bits per heavy atom. The van der Waals surface area contributed by atoms with Gasteiger partial charge in [0.05, 0.1) is 13.0 Å². The Labute approximate surface area is 182 Å². The molecule has 0 radical (unpaired) electrons. The van der Waals surface area contributed by atoms with Crippen LogP contribution in [0.2, 0.25) is 0 Å². The predicted molar refractivity (Wildman–Crippen MR) is 115 cm³/mol. The summed E-state index contributed by atoms with van der Waals surface area (Å²) in [5.74, 6) is -0.756. The quantitative estimate of drug-likeness (QED) is 0.625. The van der Waals surface area contributed by atoms with Crippen molar-refractivity contribution >= 4 is 17.8 Å². The third kappa shape index (κ3) is 6.31. The highest BCUT2D eigenvalue weighted by molar-refractivity contribution is 5.88. The molecule has 2 unspecified atom stereocenters. The molecular formula is C24H28N2O5. The van der Waals surface area contributed by atoms with Gasteiger partial charge in [0.2, 0.25) is 5.91 Å². The number of carbonyl (C=O) groups is 3. The molecule has 2 aromatic carbocycles. The van der Waals surface area contributed by atoms with Crippen molar-refractivity contribution in [3.63, 3.8) is 0 Å². The van der Waals surface area contributed by atoms with Gasteiger partial charge in [0.15, 0.2) is 6.10 Å². The van der Waals surface area contributed by atoms with Crippen LogP contribution < -0.4 is 10.1 Å². The maximum atomic E-state index is 12.5. The molecule has 1 aliphatic rings. The Morgan fingerprint density at radius 3 is 2.48 bits per heavy atom. The average Bonchev–Trinajstić information content (AvgIpc) is 3.17. The summed E-state index contributed by atoms with van der Waals surface area (Å²) in [5, 5.41) is 2.75. The fourth-order valence-corrected chi connectivity index (χ4v) is 3.46. The number of hydrogen-bond donors (Lipinski definition) is 1. The van der Waals surface area contributed by atoms with Gasteiger partial charge in [-0.2, -0.15) is 0 Å². The molecule has 2 aromatic rings. The number of nitrogens with one attached hydrogen (secondary N) is 1. The van der Waals surface area contributed by atoms with E-state index in [2.05, 4.69) is 5.32 Å². The molecule has 2 amide bonds. The monoisotopic (exact) mass is 424 g/mol. The van der Waals surface area contributed by atoms with Crippen LogP contribution in [0.1, 0.15) is 24.5 Å². The smallest absolute Gasteiger partial charge is 0.312 e. The lowest BCUT2D eigenvalue weighted by atomic mass is 10.1. The Morgan fingerprint density at radius 1 is 1.10 bits per heavy atom. The van der Waals surface area contributed by atoms with E-state index >= 15 is 0 Å². The molecule has 3 rings (SSSR count). The summed E-state index contributed by atoms with van der Waals surface area (Å²) in [6, 6.07) is 17.2. The van der Waals surface area contributed by atoms with Gasteiger partial charge in [0.25, 0.3) is 5.91 Å². The third-order valence-electron chi connectivity index (χ3n) is 5.35. The zero-order chi connectivity index (χ0) is 22.2. The van der Waals surface area contributed by atoms with Crippen LogP contribution in [0.25, 0.3) is 0 Å². The molecule has 0 aromatic heterocycles. The van der Waals surface area contributed by atoms with E-state index in [-0.39, 0.29) is 18.2 Å². The second kappa shape index (κ2) is 10.6. The van der Waals surface area contributed by atoms with E-state index in [1.165, 1.54) is 6.92 Å². The van der Waals surface area contributed by atoms with E-state index in [9.17, 15) is 14.4 Å². The molecular weight excluding hydrogens is 396 g/mol. The summed E-state index contributed by atoms with van der Waals surface area (Å²) in [6.07, 6.45) is -0.0778. The third-order valence-corrected chi connectivity index (χ3v) is 5.35. The fourth-order valence-electron chi connectivity index (χ4n) is 3.46. The topological polar surface area (TPSA) is 84.9 Å². The van der Waals surface area contributed by atoms with Crippen LogP contribution in [0.5, 0.6) is 5.75 Å². The van der Waals surface area contributed by atoms with Crippen LogP contribution >= 0.6 is 0 Å². The van der Waals surface area contributed by atoms with Crippen LogP contribution in [0.15, 0.2) is 54.6 Å². The van der Waals surface area contributed by atoms with Gasteiger partial charge in [-0.15, -0.1) is 0 Å². The first-order chi connectivity index (χ1) is 15.0. The number of amides is 2. The second-order valence-corrected chi connectivity index (χ2v) is 7.62. The van der Waals surface area contributed by atoms with Gasteiger partial charge in [0, 0.05) is 26.1 Å². The molecule has 1 aliphatic heterocycles. The van der Waals surface area contributed by atoms with Gasteiger partial charge in [-0.1, -0.05) is 42.5 Å². The molecule has 1 N–H and O–H groups in total. The number of ether oxygens (including phenoxy) is 2. The van der Waals surface area contributed by atoms with Crippen molar-refractivity contribution in [2.24, 2.45) is 5.92 Å². The Bertz CT molecular complexity index is 898. The number of nitrogens with zero attached hydrogens (tertiary/aromatic N) is 1. The molecule has 7 nitrogen and oxygen atoms in total. The fraction of sp³-hybridized carbons (Fsp3) is 0.375. The minimum absolute atomic E-state index is 0.0607. The van der Waals surface area contributed by atoms with E-state index in [1.54, 1.807) is 12.0 Å². The largest absolute Gasteiger partial charge is 0.497 e. The molecule has 1 fully saturated rings. The molecule has 164 valence electrons. The van der Waals surface area contributed by atoms with Crippen LogP contribution in [0.4, 0.5) is 0 Å². The molecule has 31 heavy (non-hydrogen) atoms. The SMILES string of the molecule is COc1ccc(CNC(=O)C(C)OC(=O)C2CC(=O)N(CCc3ccccc3)C2)cc1. The van der Waals surface area contributed by atoms with Crippen molar-refractivity contribution in [3.05, 3.63) is 65.7 Å². The van der Waals surface area contributed by atoms with Gasteiger partial charge in [-0.25, -0.2) is 0 Å². The van der Waals surface area contributed by atoms with E-state index < -0.39 is 18.0 Å². The highest BCUT2D eigenvalue weighted by Gasteiger charge is 2.36. The Hall–Kier alpha value is -3.35. The van der Waals surface area contributed by atoms with Gasteiger partial charge in [-0.05, 0) is 36.6 Å². The number of carbonyl (C=O) groups excluding carboxylic acids is 3. The summed E-state index contributed by atoms with van der Waals surface area (Å²) < 4.78 is 10.4.